The summed E-state index contributed by atoms with van der Waals surface area (Å²) in [5.74, 6) is 0.531. The van der Waals surface area contributed by atoms with Crippen LogP contribution in [0.15, 0.2) is 30.3 Å². The molecule has 1 aliphatic rings. The monoisotopic (exact) mass is 328 g/mol. The van der Waals surface area contributed by atoms with E-state index in [1.807, 2.05) is 0 Å². The first-order chi connectivity index (χ1) is 11.2. The van der Waals surface area contributed by atoms with Gasteiger partial charge in [-0.1, -0.05) is 0 Å². The molecular formula is C17H17FN4S. The summed E-state index contributed by atoms with van der Waals surface area (Å²) in [7, 11) is 0. The van der Waals surface area contributed by atoms with Crippen molar-refractivity contribution in [3.8, 4) is 11.3 Å². The molecule has 0 unspecified atom stereocenters. The second-order valence-electron chi connectivity index (χ2n) is 5.69. The predicted molar refractivity (Wildman–Crippen MR) is 92.6 cm³/mol. The van der Waals surface area contributed by atoms with Gasteiger partial charge in [0.2, 0.25) is 5.95 Å². The Morgan fingerprint density at radius 1 is 1.13 bits per heavy atom. The van der Waals surface area contributed by atoms with Crippen molar-refractivity contribution in [2.75, 3.05) is 31.1 Å². The number of benzene rings is 1. The maximum absolute atomic E-state index is 13.2. The highest BCUT2D eigenvalue weighted by Crippen LogP contribution is 2.33. The lowest BCUT2D eigenvalue weighted by Gasteiger charge is -2.27. The largest absolute Gasteiger partial charge is 0.338 e. The summed E-state index contributed by atoms with van der Waals surface area (Å²) in [6.45, 7) is 5.76. The third-order valence-electron chi connectivity index (χ3n) is 4.02. The van der Waals surface area contributed by atoms with Gasteiger partial charge in [-0.15, -0.1) is 11.3 Å². The van der Waals surface area contributed by atoms with Crippen LogP contribution >= 0.6 is 11.3 Å². The van der Waals surface area contributed by atoms with Crippen LogP contribution in [-0.2, 0) is 0 Å². The zero-order valence-corrected chi connectivity index (χ0v) is 13.7. The van der Waals surface area contributed by atoms with E-state index in [1.165, 1.54) is 17.0 Å². The summed E-state index contributed by atoms with van der Waals surface area (Å²) >= 11 is 1.67. The molecule has 3 heterocycles. The van der Waals surface area contributed by atoms with Gasteiger partial charge in [0.1, 0.15) is 10.6 Å². The first kappa shape index (κ1) is 14.5. The Morgan fingerprint density at radius 3 is 2.61 bits per heavy atom. The van der Waals surface area contributed by atoms with E-state index in [0.717, 1.165) is 53.6 Å². The van der Waals surface area contributed by atoms with Gasteiger partial charge in [0.05, 0.1) is 5.69 Å². The molecule has 1 saturated heterocycles. The fourth-order valence-electron chi connectivity index (χ4n) is 2.86. The Kier molecular flexibility index (Phi) is 3.71. The van der Waals surface area contributed by atoms with Gasteiger partial charge in [0, 0.05) is 42.0 Å². The second-order valence-corrected chi connectivity index (χ2v) is 6.93. The molecule has 0 atom stereocenters. The van der Waals surface area contributed by atoms with Crippen LogP contribution in [0, 0.1) is 12.7 Å². The molecule has 4 rings (SSSR count). The molecule has 0 radical (unpaired) electrons. The topological polar surface area (TPSA) is 41.1 Å². The van der Waals surface area contributed by atoms with E-state index >= 15 is 0 Å². The summed E-state index contributed by atoms with van der Waals surface area (Å²) in [6, 6.07) is 8.64. The average molecular weight is 328 g/mol. The van der Waals surface area contributed by atoms with Crippen LogP contribution in [0.2, 0.25) is 0 Å². The molecule has 1 fully saturated rings. The van der Waals surface area contributed by atoms with Gasteiger partial charge >= 0.3 is 0 Å². The van der Waals surface area contributed by atoms with Gasteiger partial charge < -0.3 is 10.2 Å². The lowest BCUT2D eigenvalue weighted by Crippen LogP contribution is -2.44. The summed E-state index contributed by atoms with van der Waals surface area (Å²) < 4.78 is 13.2. The van der Waals surface area contributed by atoms with E-state index in [-0.39, 0.29) is 5.82 Å². The molecule has 3 aromatic rings. The maximum Gasteiger partial charge on any atom is 0.227 e. The van der Waals surface area contributed by atoms with E-state index < -0.39 is 0 Å². The van der Waals surface area contributed by atoms with Gasteiger partial charge in [-0.05, 0) is 37.3 Å². The van der Waals surface area contributed by atoms with E-state index in [4.69, 9.17) is 9.97 Å². The molecule has 23 heavy (non-hydrogen) atoms. The molecule has 0 spiro atoms. The van der Waals surface area contributed by atoms with Gasteiger partial charge in [0.25, 0.3) is 0 Å². The Labute approximate surface area is 138 Å². The van der Waals surface area contributed by atoms with Gasteiger partial charge in [-0.25, -0.2) is 14.4 Å². The number of nitrogens with zero attached hydrogens (tertiary/aromatic N) is 3. The van der Waals surface area contributed by atoms with Crippen LogP contribution < -0.4 is 10.2 Å². The highest BCUT2D eigenvalue weighted by atomic mass is 32.1. The molecule has 0 aliphatic carbocycles. The lowest BCUT2D eigenvalue weighted by molar-refractivity contribution is 0.581. The fraction of sp³-hybridized carbons (Fsp3) is 0.294. The van der Waals surface area contributed by atoms with E-state index in [0.29, 0.717) is 0 Å². The minimum Gasteiger partial charge on any atom is -0.338 e. The van der Waals surface area contributed by atoms with Crippen molar-refractivity contribution in [3.63, 3.8) is 0 Å². The van der Waals surface area contributed by atoms with Crippen molar-refractivity contribution in [1.82, 2.24) is 15.3 Å². The van der Waals surface area contributed by atoms with Gasteiger partial charge in [-0.3, -0.25) is 0 Å². The SMILES string of the molecule is Cc1cc2c(-c3ccc(F)cc3)nc(N3CCNCC3)nc2s1. The zero-order chi connectivity index (χ0) is 15.8. The Balaban J connectivity index is 1.88. The van der Waals surface area contributed by atoms with Crippen molar-refractivity contribution in [2.45, 2.75) is 6.92 Å². The number of fused-ring (bicyclic) bond motifs is 1. The highest BCUT2D eigenvalue weighted by molar-refractivity contribution is 7.18. The molecule has 1 aliphatic heterocycles. The Morgan fingerprint density at radius 2 is 1.87 bits per heavy atom. The molecule has 6 heteroatoms. The number of rotatable bonds is 2. The minimum atomic E-state index is -0.233. The van der Waals surface area contributed by atoms with Crippen LogP contribution in [-0.4, -0.2) is 36.1 Å². The van der Waals surface area contributed by atoms with Gasteiger partial charge in [-0.2, -0.15) is 0 Å². The van der Waals surface area contributed by atoms with Crippen molar-refractivity contribution < 1.29 is 4.39 Å². The zero-order valence-electron chi connectivity index (χ0n) is 12.8. The van der Waals surface area contributed by atoms with Crippen LogP contribution in [0.1, 0.15) is 4.88 Å². The molecule has 118 valence electrons. The van der Waals surface area contributed by atoms with Crippen molar-refractivity contribution in [1.29, 1.82) is 0 Å². The summed E-state index contributed by atoms with van der Waals surface area (Å²) in [6.07, 6.45) is 0. The van der Waals surface area contributed by atoms with Crippen LogP contribution in [0.4, 0.5) is 10.3 Å². The summed E-state index contributed by atoms with van der Waals surface area (Å²) in [5, 5.41) is 4.38. The van der Waals surface area contributed by atoms with E-state index in [9.17, 15) is 4.39 Å². The van der Waals surface area contributed by atoms with Crippen molar-refractivity contribution in [2.24, 2.45) is 0 Å². The fourth-order valence-corrected chi connectivity index (χ4v) is 3.74. The number of halogens is 1. The standard InChI is InChI=1S/C17H17FN4S/c1-11-10-14-15(12-2-4-13(18)5-3-12)20-17(21-16(14)23-11)22-8-6-19-7-9-22/h2-5,10,19H,6-9H2,1H3. The molecule has 0 saturated carbocycles. The van der Waals surface area contributed by atoms with Crippen LogP contribution in [0.25, 0.3) is 21.5 Å². The molecule has 0 amide bonds. The number of nitrogens with one attached hydrogen (secondary N) is 1. The number of aromatic nitrogens is 2. The first-order valence-electron chi connectivity index (χ1n) is 7.70. The quantitative estimate of drug-likeness (QED) is 0.784. The maximum atomic E-state index is 13.2. The average Bonchev–Trinajstić information content (AvgIpc) is 2.96. The van der Waals surface area contributed by atoms with E-state index in [2.05, 4.69) is 23.2 Å². The first-order valence-corrected chi connectivity index (χ1v) is 8.52. The normalized spacial score (nSPS) is 15.3. The molecule has 1 N–H and O–H groups in total. The summed E-state index contributed by atoms with van der Waals surface area (Å²) in [5.41, 5.74) is 1.81. The molecule has 2 aromatic heterocycles. The lowest BCUT2D eigenvalue weighted by atomic mass is 10.1. The number of aryl methyl sites for hydroxylation is 1. The van der Waals surface area contributed by atoms with Crippen molar-refractivity contribution >= 4 is 27.5 Å². The third-order valence-corrected chi connectivity index (χ3v) is 4.97. The molecular weight excluding hydrogens is 311 g/mol. The molecule has 0 bridgehead atoms. The number of hydrogen-bond donors (Lipinski definition) is 1. The smallest absolute Gasteiger partial charge is 0.227 e. The Hall–Kier alpha value is -2.05. The number of anilines is 1. The predicted octanol–water partition coefficient (Wildman–Crippen LogP) is 3.22. The summed E-state index contributed by atoms with van der Waals surface area (Å²) in [4.78, 5) is 14.0. The van der Waals surface area contributed by atoms with E-state index in [1.54, 1.807) is 23.5 Å². The minimum absolute atomic E-state index is 0.233. The van der Waals surface area contributed by atoms with Gasteiger partial charge in [0.15, 0.2) is 0 Å². The van der Waals surface area contributed by atoms with Crippen LogP contribution in [0.5, 0.6) is 0 Å². The number of piperazine rings is 1. The second kappa shape index (κ2) is 5.86. The Bertz CT molecular complexity index is 838. The molecule has 1 aromatic carbocycles. The number of thiophene rings is 1. The third kappa shape index (κ3) is 2.80. The van der Waals surface area contributed by atoms with Crippen molar-refractivity contribution in [3.05, 3.63) is 41.0 Å². The molecule has 4 nitrogen and oxygen atoms in total. The number of hydrogen-bond acceptors (Lipinski definition) is 5. The highest BCUT2D eigenvalue weighted by Gasteiger charge is 2.18. The van der Waals surface area contributed by atoms with Crippen LogP contribution in [0.3, 0.4) is 0 Å².